The number of aliphatic hydroxyl groups excluding tert-OH is 1. The molecule has 17 heavy (non-hydrogen) atoms. The Morgan fingerprint density at radius 1 is 1.24 bits per heavy atom. The Kier molecular flexibility index (Phi) is 9.06. The molecule has 0 rings (SSSR count). The number of nitrogens with one attached hydrogen (secondary N) is 1. The van der Waals surface area contributed by atoms with Gasteiger partial charge < -0.3 is 10.4 Å². The highest BCUT2D eigenvalue weighted by Crippen LogP contribution is 2.01. The van der Waals surface area contributed by atoms with Crippen LogP contribution < -0.4 is 5.32 Å². The molecule has 4 heteroatoms. The molecule has 0 aromatic carbocycles. The zero-order valence-electron chi connectivity index (χ0n) is 11.6. The van der Waals surface area contributed by atoms with Crippen LogP contribution in [0.1, 0.15) is 34.1 Å². The molecular formula is C13H27N3O. The predicted molar refractivity (Wildman–Crippen MR) is 70.7 cm³/mol. The van der Waals surface area contributed by atoms with Gasteiger partial charge in [-0.3, -0.25) is 4.90 Å². The van der Waals surface area contributed by atoms with Crippen LogP contribution in [0.2, 0.25) is 0 Å². The Balaban J connectivity index is 3.87. The second-order valence-electron chi connectivity index (χ2n) is 5.20. The molecule has 0 radical (unpaired) electrons. The van der Waals surface area contributed by atoms with Crippen LogP contribution in [0.25, 0.3) is 0 Å². The lowest BCUT2D eigenvalue weighted by Gasteiger charge is -2.28. The minimum atomic E-state index is -0.366. The lowest BCUT2D eigenvalue weighted by Crippen LogP contribution is -2.42. The van der Waals surface area contributed by atoms with Gasteiger partial charge in [0, 0.05) is 32.1 Å². The monoisotopic (exact) mass is 241 g/mol. The minimum absolute atomic E-state index is 0.364. The first-order chi connectivity index (χ1) is 7.97. The van der Waals surface area contributed by atoms with Crippen molar-refractivity contribution in [3.05, 3.63) is 0 Å². The van der Waals surface area contributed by atoms with Crippen LogP contribution in [0, 0.1) is 17.2 Å². The summed E-state index contributed by atoms with van der Waals surface area (Å²) in [5, 5.41) is 21.7. The van der Waals surface area contributed by atoms with E-state index >= 15 is 0 Å². The fourth-order valence-electron chi connectivity index (χ4n) is 1.63. The van der Waals surface area contributed by atoms with Crippen molar-refractivity contribution in [2.75, 3.05) is 26.2 Å². The molecule has 0 aliphatic carbocycles. The van der Waals surface area contributed by atoms with Crippen LogP contribution in [-0.4, -0.2) is 48.3 Å². The number of nitrogens with zero attached hydrogens (tertiary/aromatic N) is 2. The molecule has 4 nitrogen and oxygen atoms in total. The number of rotatable bonds is 9. The second-order valence-corrected chi connectivity index (χ2v) is 5.20. The van der Waals surface area contributed by atoms with E-state index in [1.807, 2.05) is 0 Å². The molecule has 0 saturated heterocycles. The van der Waals surface area contributed by atoms with Gasteiger partial charge in [0.15, 0.2) is 0 Å². The normalized spacial score (nSPS) is 13.4. The Morgan fingerprint density at radius 2 is 1.88 bits per heavy atom. The Hall–Kier alpha value is -0.630. The third-order valence-corrected chi connectivity index (χ3v) is 2.62. The zero-order chi connectivity index (χ0) is 13.3. The van der Waals surface area contributed by atoms with E-state index < -0.39 is 0 Å². The molecule has 2 N–H and O–H groups in total. The summed E-state index contributed by atoms with van der Waals surface area (Å²) >= 11 is 0. The quantitative estimate of drug-likeness (QED) is 0.637. The maximum atomic E-state index is 9.89. The smallest absolute Gasteiger partial charge is 0.0791 e. The van der Waals surface area contributed by atoms with Gasteiger partial charge in [0.25, 0.3) is 0 Å². The van der Waals surface area contributed by atoms with Crippen LogP contribution in [0.3, 0.4) is 0 Å². The first-order valence-electron chi connectivity index (χ1n) is 6.47. The molecule has 0 spiro atoms. The van der Waals surface area contributed by atoms with Crippen molar-refractivity contribution in [1.82, 2.24) is 10.2 Å². The summed E-state index contributed by atoms with van der Waals surface area (Å²) in [6.45, 7) is 11.4. The summed E-state index contributed by atoms with van der Waals surface area (Å²) in [5.74, 6) is 0.599. The van der Waals surface area contributed by atoms with Gasteiger partial charge in [-0.2, -0.15) is 5.26 Å². The Labute approximate surface area is 106 Å². The third kappa shape index (κ3) is 9.11. The molecule has 0 amide bonds. The second kappa shape index (κ2) is 9.41. The van der Waals surface area contributed by atoms with E-state index in [0.29, 0.717) is 31.5 Å². The standard InChI is InChI=1S/C13H27N3O/c1-11(2)8-15-9-13(17)10-16(12(3)4)7-5-6-14/h11-13,15,17H,5,7-10H2,1-4H3. The largest absolute Gasteiger partial charge is 0.390 e. The summed E-state index contributed by atoms with van der Waals surface area (Å²) in [4.78, 5) is 2.14. The zero-order valence-corrected chi connectivity index (χ0v) is 11.6. The van der Waals surface area contributed by atoms with E-state index in [9.17, 15) is 5.11 Å². The average molecular weight is 241 g/mol. The molecule has 0 aromatic heterocycles. The highest BCUT2D eigenvalue weighted by molar-refractivity contribution is 4.76. The maximum Gasteiger partial charge on any atom is 0.0791 e. The lowest BCUT2D eigenvalue weighted by molar-refractivity contribution is 0.0954. The minimum Gasteiger partial charge on any atom is -0.390 e. The van der Waals surface area contributed by atoms with E-state index in [2.05, 4.69) is 44.0 Å². The van der Waals surface area contributed by atoms with Crippen LogP contribution in [0.4, 0.5) is 0 Å². The van der Waals surface area contributed by atoms with Gasteiger partial charge in [-0.05, 0) is 26.3 Å². The highest BCUT2D eigenvalue weighted by atomic mass is 16.3. The number of hydrogen-bond donors (Lipinski definition) is 2. The van der Waals surface area contributed by atoms with Crippen molar-refractivity contribution in [2.45, 2.75) is 46.3 Å². The topological polar surface area (TPSA) is 59.3 Å². The first kappa shape index (κ1) is 16.4. The van der Waals surface area contributed by atoms with Crippen molar-refractivity contribution >= 4 is 0 Å². The number of aliphatic hydroxyl groups is 1. The molecule has 0 heterocycles. The molecule has 0 saturated carbocycles. The van der Waals surface area contributed by atoms with Crippen molar-refractivity contribution in [3.63, 3.8) is 0 Å². The van der Waals surface area contributed by atoms with E-state index in [0.717, 1.165) is 13.1 Å². The fourth-order valence-corrected chi connectivity index (χ4v) is 1.63. The average Bonchev–Trinajstić information content (AvgIpc) is 2.23. The van der Waals surface area contributed by atoms with Crippen LogP contribution >= 0.6 is 0 Å². The van der Waals surface area contributed by atoms with Crippen LogP contribution in [0.5, 0.6) is 0 Å². The SMILES string of the molecule is CC(C)CNCC(O)CN(CCC#N)C(C)C. The van der Waals surface area contributed by atoms with Gasteiger partial charge in [-0.15, -0.1) is 0 Å². The highest BCUT2D eigenvalue weighted by Gasteiger charge is 2.14. The molecule has 0 fully saturated rings. The van der Waals surface area contributed by atoms with Crippen molar-refractivity contribution in [2.24, 2.45) is 5.92 Å². The number of nitriles is 1. The van der Waals surface area contributed by atoms with Gasteiger partial charge >= 0.3 is 0 Å². The molecular weight excluding hydrogens is 214 g/mol. The van der Waals surface area contributed by atoms with E-state index in [1.165, 1.54) is 0 Å². The van der Waals surface area contributed by atoms with E-state index in [-0.39, 0.29) is 6.10 Å². The fraction of sp³-hybridized carbons (Fsp3) is 0.923. The van der Waals surface area contributed by atoms with E-state index in [1.54, 1.807) is 0 Å². The van der Waals surface area contributed by atoms with Crippen molar-refractivity contribution < 1.29 is 5.11 Å². The van der Waals surface area contributed by atoms with E-state index in [4.69, 9.17) is 5.26 Å². The van der Waals surface area contributed by atoms with Crippen molar-refractivity contribution in [3.8, 4) is 6.07 Å². The Bertz CT molecular complexity index is 223. The Morgan fingerprint density at radius 3 is 2.35 bits per heavy atom. The summed E-state index contributed by atoms with van der Waals surface area (Å²) in [7, 11) is 0. The molecule has 100 valence electrons. The van der Waals surface area contributed by atoms with Gasteiger partial charge in [-0.1, -0.05) is 13.8 Å². The van der Waals surface area contributed by atoms with Gasteiger partial charge in [0.05, 0.1) is 12.2 Å². The van der Waals surface area contributed by atoms with Crippen LogP contribution in [0.15, 0.2) is 0 Å². The summed E-state index contributed by atoms with van der Waals surface area (Å²) in [6.07, 6.45) is 0.152. The van der Waals surface area contributed by atoms with Gasteiger partial charge in [0.2, 0.25) is 0 Å². The van der Waals surface area contributed by atoms with Crippen molar-refractivity contribution in [1.29, 1.82) is 5.26 Å². The predicted octanol–water partition coefficient (Wildman–Crippen LogP) is 1.22. The molecule has 1 atom stereocenters. The molecule has 0 bridgehead atoms. The van der Waals surface area contributed by atoms with Gasteiger partial charge in [-0.25, -0.2) is 0 Å². The third-order valence-electron chi connectivity index (χ3n) is 2.62. The van der Waals surface area contributed by atoms with Gasteiger partial charge in [0.1, 0.15) is 0 Å². The summed E-state index contributed by atoms with van der Waals surface area (Å²) < 4.78 is 0. The molecule has 1 unspecified atom stereocenters. The summed E-state index contributed by atoms with van der Waals surface area (Å²) in [5.41, 5.74) is 0. The first-order valence-corrected chi connectivity index (χ1v) is 6.47. The number of hydrogen-bond acceptors (Lipinski definition) is 4. The molecule has 0 aromatic rings. The lowest BCUT2D eigenvalue weighted by atomic mass is 10.2. The molecule has 0 aliphatic heterocycles. The maximum absolute atomic E-state index is 9.89. The van der Waals surface area contributed by atoms with Crippen LogP contribution in [-0.2, 0) is 0 Å². The molecule has 0 aliphatic rings. The summed E-state index contributed by atoms with van der Waals surface area (Å²) in [6, 6.07) is 2.51.